The van der Waals surface area contributed by atoms with Crippen molar-refractivity contribution >= 4 is 29.2 Å². The van der Waals surface area contributed by atoms with E-state index < -0.39 is 0 Å². The van der Waals surface area contributed by atoms with Crippen molar-refractivity contribution in [1.29, 1.82) is 10.5 Å². The molecule has 0 atom stereocenters. The van der Waals surface area contributed by atoms with Gasteiger partial charge in [0.1, 0.15) is 28.5 Å². The second-order valence-electron chi connectivity index (χ2n) is 6.17. The number of para-hydroxylation sites is 1. The van der Waals surface area contributed by atoms with Gasteiger partial charge in [-0.1, -0.05) is 60.3 Å². The summed E-state index contributed by atoms with van der Waals surface area (Å²) in [5.74, 6) is -0.137. The van der Waals surface area contributed by atoms with Crippen LogP contribution in [-0.2, 0) is 4.79 Å². The molecule has 0 saturated carbocycles. The maximum absolute atomic E-state index is 12.4. The third kappa shape index (κ3) is 4.37. The highest BCUT2D eigenvalue weighted by Crippen LogP contribution is 2.35. The summed E-state index contributed by atoms with van der Waals surface area (Å²) in [5.41, 5.74) is 9.19. The summed E-state index contributed by atoms with van der Waals surface area (Å²) in [4.78, 5) is 16.6. The molecule has 3 aromatic rings. The molecule has 1 aromatic heterocycles. The molecule has 6 nitrogen and oxygen atoms in total. The van der Waals surface area contributed by atoms with E-state index in [2.05, 4.69) is 16.4 Å². The molecular formula is C22H17N5OS. The molecule has 29 heavy (non-hydrogen) atoms. The van der Waals surface area contributed by atoms with Crippen molar-refractivity contribution in [3.63, 3.8) is 0 Å². The quantitative estimate of drug-likeness (QED) is 0.624. The second-order valence-corrected chi connectivity index (χ2v) is 7.13. The average molecular weight is 399 g/mol. The van der Waals surface area contributed by atoms with Crippen molar-refractivity contribution in [2.45, 2.75) is 11.9 Å². The number of nitriles is 2. The zero-order valence-corrected chi connectivity index (χ0v) is 16.5. The Morgan fingerprint density at radius 2 is 1.72 bits per heavy atom. The van der Waals surface area contributed by atoms with Gasteiger partial charge in [-0.15, -0.1) is 0 Å². The first-order chi connectivity index (χ1) is 14.0. The first-order valence-electron chi connectivity index (χ1n) is 8.72. The Labute approximate surface area is 173 Å². The topological polar surface area (TPSA) is 116 Å². The summed E-state index contributed by atoms with van der Waals surface area (Å²) in [6.07, 6.45) is 0. The van der Waals surface area contributed by atoms with Crippen molar-refractivity contribution in [3.05, 3.63) is 71.3 Å². The Kier molecular flexibility index (Phi) is 6.13. The van der Waals surface area contributed by atoms with E-state index in [1.807, 2.05) is 55.5 Å². The van der Waals surface area contributed by atoms with Gasteiger partial charge in [-0.05, 0) is 24.1 Å². The number of nitrogens with two attached hydrogens (primary N) is 1. The summed E-state index contributed by atoms with van der Waals surface area (Å²) < 4.78 is 0. The van der Waals surface area contributed by atoms with Gasteiger partial charge in [0.25, 0.3) is 0 Å². The van der Waals surface area contributed by atoms with Crippen LogP contribution in [0.25, 0.3) is 11.1 Å². The van der Waals surface area contributed by atoms with Gasteiger partial charge in [0.2, 0.25) is 5.91 Å². The smallest absolute Gasteiger partial charge is 0.234 e. The van der Waals surface area contributed by atoms with Crippen LogP contribution in [0.1, 0.15) is 16.7 Å². The number of benzene rings is 2. The molecule has 142 valence electrons. The molecule has 3 rings (SSSR count). The number of pyridine rings is 1. The van der Waals surface area contributed by atoms with E-state index >= 15 is 0 Å². The maximum atomic E-state index is 12.4. The largest absolute Gasteiger partial charge is 0.383 e. The van der Waals surface area contributed by atoms with Crippen molar-refractivity contribution in [2.24, 2.45) is 0 Å². The summed E-state index contributed by atoms with van der Waals surface area (Å²) in [6, 6.07) is 20.7. The van der Waals surface area contributed by atoms with Gasteiger partial charge in [0.05, 0.1) is 11.3 Å². The number of thioether (sulfide) groups is 1. The molecule has 0 unspecified atom stereocenters. The third-order valence-corrected chi connectivity index (χ3v) is 5.21. The second kappa shape index (κ2) is 8.92. The zero-order valence-electron chi connectivity index (χ0n) is 15.6. The van der Waals surface area contributed by atoms with Gasteiger partial charge < -0.3 is 11.1 Å². The van der Waals surface area contributed by atoms with Crippen LogP contribution in [0.15, 0.2) is 59.6 Å². The van der Waals surface area contributed by atoms with Crippen molar-refractivity contribution in [2.75, 3.05) is 16.8 Å². The first kappa shape index (κ1) is 19.9. The normalized spacial score (nSPS) is 10.0. The molecule has 7 heteroatoms. The highest BCUT2D eigenvalue weighted by Gasteiger charge is 2.21. The number of nitrogen functional groups attached to an aromatic ring is 1. The highest BCUT2D eigenvalue weighted by atomic mass is 32.2. The minimum absolute atomic E-state index is 0.0344. The number of carbonyl (C=O) groups is 1. The molecule has 0 radical (unpaired) electrons. The lowest BCUT2D eigenvalue weighted by Crippen LogP contribution is -2.15. The molecule has 0 spiro atoms. The lowest BCUT2D eigenvalue weighted by atomic mass is 9.97. The average Bonchev–Trinajstić information content (AvgIpc) is 2.74. The van der Waals surface area contributed by atoms with Crippen molar-refractivity contribution < 1.29 is 4.79 Å². The monoisotopic (exact) mass is 399 g/mol. The molecule has 0 aliphatic rings. The minimum Gasteiger partial charge on any atom is -0.383 e. The van der Waals surface area contributed by atoms with E-state index in [0.717, 1.165) is 23.0 Å². The van der Waals surface area contributed by atoms with Crippen LogP contribution in [-0.4, -0.2) is 16.6 Å². The van der Waals surface area contributed by atoms with Gasteiger partial charge in [-0.25, -0.2) is 4.98 Å². The number of amides is 1. The summed E-state index contributed by atoms with van der Waals surface area (Å²) >= 11 is 1.11. The summed E-state index contributed by atoms with van der Waals surface area (Å²) in [5, 5.41) is 22.5. The minimum atomic E-state index is -0.223. The van der Waals surface area contributed by atoms with Gasteiger partial charge in [0, 0.05) is 11.3 Å². The number of rotatable bonds is 5. The Morgan fingerprint density at radius 1 is 1.07 bits per heavy atom. The number of carbonyl (C=O) groups excluding carboxylic acids is 1. The van der Waals surface area contributed by atoms with Crippen molar-refractivity contribution in [3.8, 4) is 23.3 Å². The van der Waals surface area contributed by atoms with E-state index in [1.165, 1.54) is 0 Å². The lowest BCUT2D eigenvalue weighted by molar-refractivity contribution is -0.113. The van der Waals surface area contributed by atoms with Crippen LogP contribution in [0.2, 0.25) is 0 Å². The Morgan fingerprint density at radius 3 is 2.38 bits per heavy atom. The van der Waals surface area contributed by atoms with Gasteiger partial charge in [0.15, 0.2) is 0 Å². The number of hydrogen-bond donors (Lipinski definition) is 2. The molecular weight excluding hydrogens is 382 g/mol. The molecule has 1 amide bonds. The van der Waals surface area contributed by atoms with E-state index in [0.29, 0.717) is 16.2 Å². The van der Waals surface area contributed by atoms with Crippen LogP contribution in [0.4, 0.5) is 11.5 Å². The summed E-state index contributed by atoms with van der Waals surface area (Å²) in [6.45, 7) is 1.91. The van der Waals surface area contributed by atoms with Crippen LogP contribution in [0.3, 0.4) is 0 Å². The van der Waals surface area contributed by atoms with E-state index in [1.54, 1.807) is 12.1 Å². The van der Waals surface area contributed by atoms with Crippen LogP contribution < -0.4 is 11.1 Å². The SMILES string of the molecule is Cc1ccccc1NC(=O)CSc1nc(N)c(C#N)c(-c2ccccc2)c1C#N. The summed E-state index contributed by atoms with van der Waals surface area (Å²) in [7, 11) is 0. The van der Waals surface area contributed by atoms with Crippen molar-refractivity contribution in [1.82, 2.24) is 4.98 Å². The number of nitrogens with one attached hydrogen (secondary N) is 1. The predicted molar refractivity (Wildman–Crippen MR) is 114 cm³/mol. The molecule has 0 aliphatic carbocycles. The highest BCUT2D eigenvalue weighted by molar-refractivity contribution is 8.00. The fourth-order valence-electron chi connectivity index (χ4n) is 2.83. The van der Waals surface area contributed by atoms with E-state index in [4.69, 9.17) is 5.73 Å². The number of hydrogen-bond acceptors (Lipinski definition) is 6. The van der Waals surface area contributed by atoms with Crippen LogP contribution >= 0.6 is 11.8 Å². The maximum Gasteiger partial charge on any atom is 0.234 e. The molecule has 2 aromatic carbocycles. The lowest BCUT2D eigenvalue weighted by Gasteiger charge is -2.13. The van der Waals surface area contributed by atoms with Gasteiger partial charge in [-0.2, -0.15) is 10.5 Å². The fourth-order valence-corrected chi connectivity index (χ4v) is 3.62. The van der Waals surface area contributed by atoms with Gasteiger partial charge >= 0.3 is 0 Å². The standard InChI is InChI=1S/C22H17N5OS/c1-14-7-5-6-10-18(14)26-19(28)13-29-22-17(12-24)20(15-8-3-2-4-9-15)16(11-23)21(25)27-22/h2-10H,13H2,1H3,(H2,25,27)(H,26,28). The molecule has 0 aliphatic heterocycles. The Balaban J connectivity index is 1.91. The first-order valence-corrected chi connectivity index (χ1v) is 9.71. The predicted octanol–water partition coefficient (Wildman–Crippen LogP) is 4.11. The third-order valence-electron chi connectivity index (χ3n) is 4.24. The molecule has 0 saturated heterocycles. The number of nitrogens with zero attached hydrogens (tertiary/aromatic N) is 3. The van der Waals surface area contributed by atoms with Crippen LogP contribution in [0.5, 0.6) is 0 Å². The molecule has 0 bridgehead atoms. The Hall–Kier alpha value is -3.81. The molecule has 1 heterocycles. The van der Waals surface area contributed by atoms with E-state index in [9.17, 15) is 15.3 Å². The van der Waals surface area contributed by atoms with E-state index in [-0.39, 0.29) is 28.6 Å². The Bertz CT molecular complexity index is 1150. The fraction of sp³-hybridized carbons (Fsp3) is 0.0909. The molecule has 0 fully saturated rings. The van der Waals surface area contributed by atoms with Gasteiger partial charge in [-0.3, -0.25) is 4.79 Å². The van der Waals surface area contributed by atoms with Crippen LogP contribution in [0, 0.1) is 29.6 Å². The zero-order chi connectivity index (χ0) is 20.8. The number of anilines is 2. The molecule has 3 N–H and O–H groups in total. The number of aromatic nitrogens is 1. The number of aryl methyl sites for hydroxylation is 1.